The lowest BCUT2D eigenvalue weighted by Gasteiger charge is -2.29. The molecule has 0 bridgehead atoms. The minimum absolute atomic E-state index is 0.185. The fraction of sp³-hybridized carbons (Fsp3) is 0.579. The highest BCUT2D eigenvalue weighted by Crippen LogP contribution is 2.48. The van der Waals surface area contributed by atoms with Gasteiger partial charge in [-0.2, -0.15) is 13.2 Å². The van der Waals surface area contributed by atoms with Crippen molar-refractivity contribution in [3.8, 4) is 0 Å². The van der Waals surface area contributed by atoms with Gasteiger partial charge in [0.25, 0.3) is 5.91 Å². The third-order valence-electron chi connectivity index (χ3n) is 5.57. The molecule has 0 radical (unpaired) electrons. The van der Waals surface area contributed by atoms with E-state index in [0.717, 1.165) is 24.9 Å². The summed E-state index contributed by atoms with van der Waals surface area (Å²) >= 11 is 0. The van der Waals surface area contributed by atoms with Crippen LogP contribution in [0, 0.1) is 23.6 Å². The van der Waals surface area contributed by atoms with Crippen LogP contribution >= 0.6 is 0 Å². The first-order valence-electron chi connectivity index (χ1n) is 9.59. The molecule has 1 saturated carbocycles. The number of ether oxygens (including phenoxy) is 1. The summed E-state index contributed by atoms with van der Waals surface area (Å²) in [6, 6.07) is 4.75. The molecule has 1 amide bonds. The molecule has 0 spiro atoms. The number of hydrogen-bond acceptors (Lipinski definition) is 5. The van der Waals surface area contributed by atoms with Crippen molar-refractivity contribution >= 4 is 17.6 Å². The fourth-order valence-electron chi connectivity index (χ4n) is 3.87. The molecule has 3 aliphatic rings. The molecule has 3 N–H and O–H groups in total. The number of fused-ring (bicyclic) bond motifs is 1. The van der Waals surface area contributed by atoms with Crippen LogP contribution in [0.2, 0.25) is 0 Å². The van der Waals surface area contributed by atoms with Crippen molar-refractivity contribution in [3.05, 3.63) is 29.6 Å². The zero-order chi connectivity index (χ0) is 21.9. The zero-order valence-corrected chi connectivity index (χ0v) is 16.0. The van der Waals surface area contributed by atoms with Gasteiger partial charge in [-0.15, -0.1) is 0 Å². The lowest BCUT2D eigenvalue weighted by Crippen LogP contribution is -2.36. The maximum atomic E-state index is 14.3. The number of piperidine rings is 1. The van der Waals surface area contributed by atoms with Crippen LogP contribution in [0.1, 0.15) is 10.4 Å². The van der Waals surface area contributed by atoms with Gasteiger partial charge in [-0.05, 0) is 49.0 Å². The molecule has 0 aromatic heterocycles. The Balaban J connectivity index is 0.000000318. The number of benzene rings is 1. The number of hydrogen-bond donors (Lipinski definition) is 3. The highest BCUT2D eigenvalue weighted by atomic mass is 19.4. The molecule has 1 aromatic rings. The van der Waals surface area contributed by atoms with Crippen LogP contribution < -0.4 is 15.5 Å². The number of rotatable bonds is 4. The van der Waals surface area contributed by atoms with Crippen molar-refractivity contribution in [1.82, 2.24) is 10.6 Å². The average Bonchev–Trinajstić information content (AvgIpc) is 3.13. The number of nitrogens with one attached hydrogen (secondary N) is 2. The summed E-state index contributed by atoms with van der Waals surface area (Å²) in [5.74, 6) is -1.25. The Bertz CT molecular complexity index is 774. The molecule has 4 rings (SSSR count). The van der Waals surface area contributed by atoms with E-state index in [4.69, 9.17) is 14.6 Å². The highest BCUT2D eigenvalue weighted by Gasteiger charge is 2.52. The molecule has 11 heteroatoms. The SMILES string of the molecule is O=C(NCC1C2CNCC21)c1ccc(N2CCOCC2)c(F)c1.O=C(O)C(F)(F)F. The van der Waals surface area contributed by atoms with E-state index in [2.05, 4.69) is 10.6 Å². The number of anilines is 1. The van der Waals surface area contributed by atoms with E-state index >= 15 is 0 Å². The summed E-state index contributed by atoms with van der Waals surface area (Å²) in [4.78, 5) is 23.1. The molecule has 1 aliphatic carbocycles. The van der Waals surface area contributed by atoms with E-state index in [1.54, 1.807) is 12.1 Å². The van der Waals surface area contributed by atoms with Crippen LogP contribution in [0.5, 0.6) is 0 Å². The molecule has 2 unspecified atom stereocenters. The number of carboxylic acid groups (broad SMARTS) is 1. The lowest BCUT2D eigenvalue weighted by atomic mass is 10.1. The predicted octanol–water partition coefficient (Wildman–Crippen LogP) is 1.49. The van der Waals surface area contributed by atoms with Crippen molar-refractivity contribution in [1.29, 1.82) is 0 Å². The van der Waals surface area contributed by atoms with Crippen molar-refractivity contribution < 1.29 is 37.0 Å². The van der Waals surface area contributed by atoms with E-state index in [0.29, 0.717) is 50.0 Å². The minimum Gasteiger partial charge on any atom is -0.475 e. The van der Waals surface area contributed by atoms with E-state index in [1.807, 2.05) is 4.90 Å². The van der Waals surface area contributed by atoms with Crippen LogP contribution in [0.25, 0.3) is 0 Å². The third kappa shape index (κ3) is 5.39. The smallest absolute Gasteiger partial charge is 0.475 e. The number of carbonyl (C=O) groups excluding carboxylic acids is 1. The van der Waals surface area contributed by atoms with Crippen molar-refractivity contribution in [2.24, 2.45) is 17.8 Å². The van der Waals surface area contributed by atoms with Gasteiger partial charge in [0.1, 0.15) is 5.82 Å². The Kier molecular flexibility index (Phi) is 6.81. The Labute approximate surface area is 170 Å². The van der Waals surface area contributed by atoms with E-state index in [9.17, 15) is 22.4 Å². The number of nitrogens with zero attached hydrogens (tertiary/aromatic N) is 1. The van der Waals surface area contributed by atoms with Crippen molar-refractivity contribution in [2.75, 3.05) is 50.8 Å². The second kappa shape index (κ2) is 9.17. The molecule has 1 aromatic carbocycles. The van der Waals surface area contributed by atoms with E-state index < -0.39 is 12.1 Å². The second-order valence-electron chi connectivity index (χ2n) is 7.43. The zero-order valence-electron chi connectivity index (χ0n) is 16.0. The fourth-order valence-corrected chi connectivity index (χ4v) is 3.87. The lowest BCUT2D eigenvalue weighted by molar-refractivity contribution is -0.192. The molecule has 3 fully saturated rings. The summed E-state index contributed by atoms with van der Waals surface area (Å²) in [5.41, 5.74) is 0.941. The van der Waals surface area contributed by atoms with E-state index in [1.165, 1.54) is 6.07 Å². The maximum absolute atomic E-state index is 14.3. The van der Waals surface area contributed by atoms with Gasteiger partial charge >= 0.3 is 12.1 Å². The Hall–Kier alpha value is -2.40. The Morgan fingerprint density at radius 3 is 2.33 bits per heavy atom. The number of carboxylic acids is 1. The molecule has 7 nitrogen and oxygen atoms in total. The van der Waals surface area contributed by atoms with Gasteiger partial charge in [-0.1, -0.05) is 0 Å². The highest BCUT2D eigenvalue weighted by molar-refractivity contribution is 5.94. The van der Waals surface area contributed by atoms with Crippen LogP contribution in [0.4, 0.5) is 23.2 Å². The van der Waals surface area contributed by atoms with Crippen molar-refractivity contribution in [2.45, 2.75) is 6.18 Å². The number of halogens is 4. The van der Waals surface area contributed by atoms with Gasteiger partial charge < -0.3 is 25.4 Å². The normalized spacial score (nSPS) is 25.1. The molecule has 166 valence electrons. The number of carbonyl (C=O) groups is 2. The molecule has 2 aliphatic heterocycles. The molecule has 2 atom stereocenters. The predicted molar refractivity (Wildman–Crippen MR) is 98.8 cm³/mol. The first kappa shape index (κ1) is 22.3. The molecular formula is C19H23F4N3O4. The molecule has 2 saturated heterocycles. The minimum atomic E-state index is -5.08. The largest absolute Gasteiger partial charge is 0.490 e. The topological polar surface area (TPSA) is 90.9 Å². The van der Waals surface area contributed by atoms with Gasteiger partial charge in [-0.25, -0.2) is 9.18 Å². The van der Waals surface area contributed by atoms with Crippen LogP contribution in [0.3, 0.4) is 0 Å². The maximum Gasteiger partial charge on any atom is 0.490 e. The van der Waals surface area contributed by atoms with Gasteiger partial charge in [0.15, 0.2) is 0 Å². The monoisotopic (exact) mass is 433 g/mol. The molecule has 2 heterocycles. The first-order chi connectivity index (χ1) is 14.2. The summed E-state index contributed by atoms with van der Waals surface area (Å²) in [6.45, 7) is 5.41. The Morgan fingerprint density at radius 1 is 1.20 bits per heavy atom. The number of alkyl halides is 3. The van der Waals surface area contributed by atoms with Gasteiger partial charge in [0.2, 0.25) is 0 Å². The van der Waals surface area contributed by atoms with Gasteiger partial charge in [-0.3, -0.25) is 4.79 Å². The third-order valence-corrected chi connectivity index (χ3v) is 5.57. The summed E-state index contributed by atoms with van der Waals surface area (Å²) in [5, 5.41) is 13.4. The average molecular weight is 433 g/mol. The van der Waals surface area contributed by atoms with Gasteiger partial charge in [0.05, 0.1) is 18.9 Å². The quantitative estimate of drug-likeness (QED) is 0.624. The number of morpholine rings is 1. The number of aliphatic carboxylic acids is 1. The summed E-state index contributed by atoms with van der Waals surface area (Å²) in [6.07, 6.45) is -5.08. The summed E-state index contributed by atoms with van der Waals surface area (Å²) in [7, 11) is 0. The standard InChI is InChI=1S/C17H22FN3O2.C2HF3O2/c18-15-7-11(1-2-16(15)21-3-5-23-6-4-21)17(22)20-10-14-12-8-19-9-13(12)14;3-2(4,5)1(6)7/h1-2,7,12-14,19H,3-6,8-10H2,(H,20,22);(H,6,7). The van der Waals surface area contributed by atoms with Crippen LogP contribution in [-0.2, 0) is 9.53 Å². The summed E-state index contributed by atoms with van der Waals surface area (Å²) < 4.78 is 51.3. The molecular weight excluding hydrogens is 410 g/mol. The Morgan fingerprint density at radius 2 is 1.80 bits per heavy atom. The van der Waals surface area contributed by atoms with Gasteiger partial charge in [0, 0.05) is 25.2 Å². The molecule has 30 heavy (non-hydrogen) atoms. The van der Waals surface area contributed by atoms with E-state index in [-0.39, 0.29) is 11.7 Å². The van der Waals surface area contributed by atoms with Crippen LogP contribution in [0.15, 0.2) is 18.2 Å². The van der Waals surface area contributed by atoms with Crippen molar-refractivity contribution in [3.63, 3.8) is 0 Å². The second-order valence-corrected chi connectivity index (χ2v) is 7.43. The number of amides is 1. The first-order valence-corrected chi connectivity index (χ1v) is 9.59. The van der Waals surface area contributed by atoms with Crippen LogP contribution in [-0.4, -0.2) is 69.1 Å².